The summed E-state index contributed by atoms with van der Waals surface area (Å²) in [5.74, 6) is 3.00. The molecule has 0 aliphatic heterocycles. The summed E-state index contributed by atoms with van der Waals surface area (Å²) in [4.78, 5) is 2.76. The van der Waals surface area contributed by atoms with Gasteiger partial charge in [-0.2, -0.15) is 0 Å². The van der Waals surface area contributed by atoms with Crippen molar-refractivity contribution in [3.05, 3.63) is 0 Å². The van der Waals surface area contributed by atoms with Gasteiger partial charge in [0.15, 0.2) is 0 Å². The third-order valence-corrected chi connectivity index (χ3v) is 6.93. The second kappa shape index (κ2) is 5.34. The molecule has 0 aromatic heterocycles. The van der Waals surface area contributed by atoms with Gasteiger partial charge >= 0.3 is 57.3 Å². The first-order valence-corrected chi connectivity index (χ1v) is 7.91. The molecule has 0 aromatic rings. The molecule has 0 saturated heterocycles. The first kappa shape index (κ1) is 8.20. The van der Waals surface area contributed by atoms with Crippen LogP contribution in [0.25, 0.3) is 0 Å². The normalized spacial score (nSPS) is 7.38. The van der Waals surface area contributed by atoms with Gasteiger partial charge in [-0.05, 0) is 0 Å². The molecular formula is C7H13Ga. The molecule has 0 heterocycles. The van der Waals surface area contributed by atoms with Crippen molar-refractivity contribution in [1.82, 2.24) is 0 Å². The van der Waals surface area contributed by atoms with E-state index in [0.717, 1.165) is 0 Å². The van der Waals surface area contributed by atoms with Gasteiger partial charge in [0.05, 0.1) is 0 Å². The van der Waals surface area contributed by atoms with Gasteiger partial charge in [0.2, 0.25) is 0 Å². The van der Waals surface area contributed by atoms with Gasteiger partial charge in [-0.1, -0.05) is 0 Å². The fourth-order valence-corrected chi connectivity index (χ4v) is 3.62. The second-order valence-electron chi connectivity index (χ2n) is 1.91. The second-order valence-corrected chi connectivity index (χ2v) is 8.86. The third kappa shape index (κ3) is 3.23. The molecule has 0 aromatic carbocycles. The van der Waals surface area contributed by atoms with Gasteiger partial charge in [0.1, 0.15) is 0 Å². The molecule has 0 nitrogen and oxygen atoms in total. The fourth-order valence-electron chi connectivity index (χ4n) is 0.697. The van der Waals surface area contributed by atoms with E-state index in [1.165, 1.54) is 9.95 Å². The van der Waals surface area contributed by atoms with Crippen LogP contribution in [0.3, 0.4) is 0 Å². The van der Waals surface area contributed by atoms with Crippen LogP contribution in [0.4, 0.5) is 0 Å². The molecule has 0 saturated carbocycles. The zero-order chi connectivity index (χ0) is 6.41. The fraction of sp³-hybridized carbons (Fsp3) is 0.714. The number of hydrogen-bond acceptors (Lipinski definition) is 0. The van der Waals surface area contributed by atoms with E-state index in [-0.39, 0.29) is 0 Å². The van der Waals surface area contributed by atoms with Gasteiger partial charge in [-0.15, -0.1) is 0 Å². The van der Waals surface area contributed by atoms with Crippen LogP contribution >= 0.6 is 0 Å². The summed E-state index contributed by atoms with van der Waals surface area (Å²) < 4.78 is 3.32. The molecule has 0 N–H and O–H groups in total. The molecule has 0 fully saturated rings. The Labute approximate surface area is 57.7 Å². The summed E-state index contributed by atoms with van der Waals surface area (Å²) >= 11 is -0.970. The van der Waals surface area contributed by atoms with Crippen LogP contribution in [0, 0.1) is 10.4 Å². The Kier molecular flexibility index (Phi) is 5.47. The monoisotopic (exact) mass is 166 g/mol. The summed E-state index contributed by atoms with van der Waals surface area (Å²) in [5, 5.41) is 0. The predicted molar refractivity (Wildman–Crippen MR) is 40.2 cm³/mol. The van der Waals surface area contributed by atoms with E-state index < -0.39 is 16.2 Å². The topological polar surface area (TPSA) is 0 Å². The van der Waals surface area contributed by atoms with E-state index in [9.17, 15) is 0 Å². The van der Waals surface area contributed by atoms with E-state index in [1.807, 2.05) is 6.92 Å². The number of hydrogen-bond donors (Lipinski definition) is 0. The Bertz CT molecular complexity index is 92.7. The molecule has 0 aliphatic carbocycles. The van der Waals surface area contributed by atoms with Crippen LogP contribution in [0.2, 0.25) is 9.95 Å². The Morgan fingerprint density at radius 3 is 1.88 bits per heavy atom. The molecule has 44 valence electrons. The van der Waals surface area contributed by atoms with Gasteiger partial charge in [0.25, 0.3) is 0 Å². The molecule has 0 spiro atoms. The predicted octanol–water partition coefficient (Wildman–Crippen LogP) is 2.08. The Morgan fingerprint density at radius 2 is 1.75 bits per heavy atom. The molecule has 0 bridgehead atoms. The van der Waals surface area contributed by atoms with E-state index in [2.05, 4.69) is 24.2 Å². The molecule has 0 aliphatic rings. The van der Waals surface area contributed by atoms with Crippen molar-refractivity contribution in [3.8, 4) is 10.4 Å². The standard InChI is InChI=1S/C3H3.2C2H5.Ga/c1-3-2;2*1-2;/h1H3;2*1H2,2H3;. The van der Waals surface area contributed by atoms with Crippen LogP contribution in [-0.2, 0) is 0 Å². The van der Waals surface area contributed by atoms with Gasteiger partial charge in [0, 0.05) is 0 Å². The van der Waals surface area contributed by atoms with E-state index >= 15 is 0 Å². The SMILES string of the molecule is CC#[C][Ga]([CH2]C)[CH2]C. The molecule has 0 radical (unpaired) electrons. The maximum absolute atomic E-state index is 3.32. The van der Waals surface area contributed by atoms with Crippen LogP contribution in [0.1, 0.15) is 20.8 Å². The Hall–Kier alpha value is 0.196. The van der Waals surface area contributed by atoms with Crippen molar-refractivity contribution in [2.45, 2.75) is 30.7 Å². The first-order chi connectivity index (χ1) is 3.85. The maximum atomic E-state index is 3.32. The minimum absolute atomic E-state index is 0.970. The zero-order valence-corrected chi connectivity index (χ0v) is 8.41. The van der Waals surface area contributed by atoms with E-state index in [4.69, 9.17) is 0 Å². The average Bonchev–Trinajstić information content (AvgIpc) is 1.83. The van der Waals surface area contributed by atoms with Crippen LogP contribution < -0.4 is 0 Å². The van der Waals surface area contributed by atoms with Crippen molar-refractivity contribution < 1.29 is 0 Å². The van der Waals surface area contributed by atoms with E-state index in [1.54, 1.807) is 0 Å². The molecule has 0 atom stereocenters. The molecule has 8 heavy (non-hydrogen) atoms. The molecular weight excluding hydrogens is 154 g/mol. The van der Waals surface area contributed by atoms with Crippen molar-refractivity contribution in [3.63, 3.8) is 0 Å². The molecule has 0 unspecified atom stereocenters. The van der Waals surface area contributed by atoms with Crippen LogP contribution in [0.15, 0.2) is 0 Å². The average molecular weight is 167 g/mol. The van der Waals surface area contributed by atoms with Gasteiger partial charge < -0.3 is 0 Å². The van der Waals surface area contributed by atoms with Crippen LogP contribution in [0.5, 0.6) is 0 Å². The quantitative estimate of drug-likeness (QED) is 0.436. The van der Waals surface area contributed by atoms with Gasteiger partial charge in [-0.3, -0.25) is 0 Å². The minimum atomic E-state index is -0.970. The summed E-state index contributed by atoms with van der Waals surface area (Å²) in [6.07, 6.45) is 0. The summed E-state index contributed by atoms with van der Waals surface area (Å²) in [5.41, 5.74) is 0. The summed E-state index contributed by atoms with van der Waals surface area (Å²) in [6, 6.07) is 0. The third-order valence-electron chi connectivity index (χ3n) is 1.33. The van der Waals surface area contributed by atoms with Crippen LogP contribution in [-0.4, -0.2) is 16.2 Å². The first-order valence-electron chi connectivity index (χ1n) is 3.27. The van der Waals surface area contributed by atoms with E-state index in [0.29, 0.717) is 0 Å². The van der Waals surface area contributed by atoms with Crippen molar-refractivity contribution >= 4 is 16.2 Å². The summed E-state index contributed by atoms with van der Waals surface area (Å²) in [7, 11) is 0. The van der Waals surface area contributed by atoms with Crippen molar-refractivity contribution in [2.75, 3.05) is 0 Å². The van der Waals surface area contributed by atoms with Crippen molar-refractivity contribution in [2.24, 2.45) is 0 Å². The summed E-state index contributed by atoms with van der Waals surface area (Å²) in [6.45, 7) is 6.47. The van der Waals surface area contributed by atoms with Crippen molar-refractivity contribution in [1.29, 1.82) is 0 Å². The molecule has 0 amide bonds. The zero-order valence-electron chi connectivity index (χ0n) is 5.99. The number of rotatable bonds is 2. The Morgan fingerprint density at radius 1 is 1.25 bits per heavy atom. The molecule has 0 rings (SSSR count). The van der Waals surface area contributed by atoms with Gasteiger partial charge in [-0.25, -0.2) is 0 Å². The molecule has 1 heteroatoms. The Balaban J connectivity index is 3.47.